The van der Waals surface area contributed by atoms with Gasteiger partial charge in [0.05, 0.1) is 17.2 Å². The van der Waals surface area contributed by atoms with Crippen molar-refractivity contribution in [1.82, 2.24) is 19.6 Å². The average molecular weight is 435 g/mol. The quantitative estimate of drug-likeness (QED) is 0.409. The van der Waals surface area contributed by atoms with Crippen LogP contribution in [0.25, 0.3) is 22.2 Å². The topological polar surface area (TPSA) is 111 Å². The maximum Gasteiger partial charge on any atom is 0.261 e. The molecule has 3 aromatic heterocycles. The number of nitrogens with one attached hydrogen (secondary N) is 1. The van der Waals surface area contributed by atoms with Gasteiger partial charge in [-0.15, -0.1) is 0 Å². The highest BCUT2D eigenvalue weighted by molar-refractivity contribution is 6.16. The van der Waals surface area contributed by atoms with Crippen molar-refractivity contribution in [2.45, 2.75) is 13.8 Å². The van der Waals surface area contributed by atoms with Gasteiger partial charge in [-0.3, -0.25) is 9.78 Å². The molecular weight excluding hydrogens is 414 g/mol. The van der Waals surface area contributed by atoms with Crippen molar-refractivity contribution >= 4 is 45.8 Å². The maximum absolute atomic E-state index is 13.4. The molecule has 0 aliphatic carbocycles. The van der Waals surface area contributed by atoms with Gasteiger partial charge in [0.1, 0.15) is 16.9 Å². The van der Waals surface area contributed by atoms with E-state index in [4.69, 9.17) is 15.7 Å². The molecular formula is C25H21N7O. The molecule has 0 saturated heterocycles. The minimum Gasteiger partial charge on any atom is -0.383 e. The molecule has 0 atom stereocenters. The van der Waals surface area contributed by atoms with E-state index in [9.17, 15) is 4.79 Å². The Morgan fingerprint density at radius 1 is 1.00 bits per heavy atom. The first-order chi connectivity index (χ1) is 16.0. The zero-order chi connectivity index (χ0) is 22.9. The second-order valence-corrected chi connectivity index (χ2v) is 7.81. The van der Waals surface area contributed by atoms with Gasteiger partial charge < -0.3 is 11.1 Å². The molecule has 33 heavy (non-hydrogen) atoms. The van der Waals surface area contributed by atoms with E-state index in [1.165, 1.54) is 4.68 Å². The highest BCUT2D eigenvalue weighted by Gasteiger charge is 2.24. The first-order valence-corrected chi connectivity index (χ1v) is 10.4. The molecule has 0 spiro atoms. The third kappa shape index (κ3) is 3.89. The summed E-state index contributed by atoms with van der Waals surface area (Å²) < 4.78 is 1.45. The number of para-hydroxylation sites is 2. The predicted molar refractivity (Wildman–Crippen MR) is 131 cm³/mol. The van der Waals surface area contributed by atoms with E-state index in [0.717, 1.165) is 16.7 Å². The van der Waals surface area contributed by atoms with Crippen LogP contribution in [-0.2, 0) is 0 Å². The van der Waals surface area contributed by atoms with Crippen molar-refractivity contribution in [3.05, 3.63) is 89.2 Å². The number of nitrogen functional groups attached to an aromatic ring is 1. The number of pyridine rings is 1. The summed E-state index contributed by atoms with van der Waals surface area (Å²) in [6.45, 7) is 3.96. The van der Waals surface area contributed by atoms with Crippen LogP contribution in [0.1, 0.15) is 27.0 Å². The summed E-state index contributed by atoms with van der Waals surface area (Å²) in [6.07, 6.45) is 4.99. The van der Waals surface area contributed by atoms with Crippen molar-refractivity contribution in [2.75, 3.05) is 11.1 Å². The SMILES string of the molecule is Cc1cc(C)cc(NC(=O)c2c(N)n(N=Cc3ccncc3)c3nc4ccccc4nc23)c1. The Kier molecular flexibility index (Phi) is 5.02. The standard InChI is InChI=1S/C25H21N7O/c1-15-11-16(2)13-18(12-15)29-25(33)21-22-24(31-20-6-4-3-5-19(20)30-22)32(23(21)26)28-14-17-7-9-27-10-8-17/h3-14H,26H2,1-2H3,(H,29,33). The van der Waals surface area contributed by atoms with Gasteiger partial charge in [-0.1, -0.05) is 18.2 Å². The van der Waals surface area contributed by atoms with Gasteiger partial charge in [-0.05, 0) is 66.9 Å². The molecule has 1 amide bonds. The Bertz CT molecular complexity index is 1520. The number of amides is 1. The van der Waals surface area contributed by atoms with Crippen LogP contribution in [0.2, 0.25) is 0 Å². The lowest BCUT2D eigenvalue weighted by atomic mass is 10.1. The predicted octanol–water partition coefficient (Wildman–Crippen LogP) is 4.31. The number of aryl methyl sites for hydroxylation is 2. The Balaban J connectivity index is 1.67. The van der Waals surface area contributed by atoms with E-state index < -0.39 is 0 Å². The van der Waals surface area contributed by atoms with E-state index in [-0.39, 0.29) is 17.3 Å². The van der Waals surface area contributed by atoms with Gasteiger partial charge >= 0.3 is 0 Å². The van der Waals surface area contributed by atoms with Gasteiger partial charge in [0.2, 0.25) is 0 Å². The number of anilines is 2. The van der Waals surface area contributed by atoms with Crippen LogP contribution in [0.5, 0.6) is 0 Å². The highest BCUT2D eigenvalue weighted by atomic mass is 16.1. The first-order valence-electron chi connectivity index (χ1n) is 10.4. The molecule has 5 rings (SSSR count). The molecule has 3 N–H and O–H groups in total. The molecule has 162 valence electrons. The number of carbonyl (C=O) groups excluding carboxylic acids is 1. The molecule has 0 aliphatic heterocycles. The van der Waals surface area contributed by atoms with Crippen molar-refractivity contribution in [2.24, 2.45) is 5.10 Å². The largest absolute Gasteiger partial charge is 0.383 e. The van der Waals surface area contributed by atoms with E-state index in [1.807, 2.05) is 68.4 Å². The summed E-state index contributed by atoms with van der Waals surface area (Å²) in [7, 11) is 0. The number of fused-ring (bicyclic) bond motifs is 2. The summed E-state index contributed by atoms with van der Waals surface area (Å²) in [5, 5.41) is 7.45. The molecule has 8 heteroatoms. The minimum atomic E-state index is -0.370. The summed E-state index contributed by atoms with van der Waals surface area (Å²) in [6, 6.07) is 17.0. The smallest absolute Gasteiger partial charge is 0.261 e. The number of aromatic nitrogens is 4. The van der Waals surface area contributed by atoms with E-state index in [2.05, 4.69) is 15.4 Å². The zero-order valence-electron chi connectivity index (χ0n) is 18.1. The molecule has 0 bridgehead atoms. The van der Waals surface area contributed by atoms with E-state index >= 15 is 0 Å². The summed E-state index contributed by atoms with van der Waals surface area (Å²) in [5.41, 5.74) is 12.4. The zero-order valence-corrected chi connectivity index (χ0v) is 18.1. The van der Waals surface area contributed by atoms with Crippen molar-refractivity contribution < 1.29 is 4.79 Å². The van der Waals surface area contributed by atoms with Crippen LogP contribution in [0.15, 0.2) is 72.1 Å². The van der Waals surface area contributed by atoms with E-state index in [0.29, 0.717) is 27.9 Å². The number of rotatable bonds is 4. The number of hydrogen-bond donors (Lipinski definition) is 2. The Hall–Kier alpha value is -4.59. The highest BCUT2D eigenvalue weighted by Crippen LogP contribution is 2.29. The van der Waals surface area contributed by atoms with Gasteiger partial charge in [-0.25, -0.2) is 9.97 Å². The second-order valence-electron chi connectivity index (χ2n) is 7.81. The minimum absolute atomic E-state index is 0.160. The van der Waals surface area contributed by atoms with Crippen LogP contribution in [0.3, 0.4) is 0 Å². The van der Waals surface area contributed by atoms with Crippen LogP contribution >= 0.6 is 0 Å². The van der Waals surface area contributed by atoms with Gasteiger partial charge in [0, 0.05) is 18.1 Å². The number of benzene rings is 2. The molecule has 0 aliphatic rings. The van der Waals surface area contributed by atoms with Crippen molar-refractivity contribution in [3.8, 4) is 0 Å². The summed E-state index contributed by atoms with van der Waals surface area (Å²) >= 11 is 0. The normalized spacial score (nSPS) is 11.5. The van der Waals surface area contributed by atoms with Gasteiger partial charge in [-0.2, -0.15) is 9.78 Å². The monoisotopic (exact) mass is 435 g/mol. The molecule has 3 heterocycles. The van der Waals surface area contributed by atoms with Crippen LogP contribution in [-0.4, -0.2) is 31.7 Å². The summed E-state index contributed by atoms with van der Waals surface area (Å²) in [4.78, 5) is 26.8. The molecule has 0 radical (unpaired) electrons. The fraction of sp³-hybridized carbons (Fsp3) is 0.0800. The lowest BCUT2D eigenvalue weighted by Crippen LogP contribution is -2.14. The lowest BCUT2D eigenvalue weighted by Gasteiger charge is -2.08. The maximum atomic E-state index is 13.4. The van der Waals surface area contributed by atoms with Gasteiger partial charge in [0.25, 0.3) is 5.91 Å². The molecule has 5 aromatic rings. The number of carbonyl (C=O) groups is 1. The summed E-state index contributed by atoms with van der Waals surface area (Å²) in [5.74, 6) is -0.211. The second kappa shape index (κ2) is 8.16. The van der Waals surface area contributed by atoms with Crippen LogP contribution < -0.4 is 11.1 Å². The number of hydrogen-bond acceptors (Lipinski definition) is 6. The Morgan fingerprint density at radius 3 is 2.36 bits per heavy atom. The molecule has 8 nitrogen and oxygen atoms in total. The van der Waals surface area contributed by atoms with Crippen molar-refractivity contribution in [3.63, 3.8) is 0 Å². The molecule has 0 saturated carbocycles. The first kappa shape index (κ1) is 20.3. The fourth-order valence-electron chi connectivity index (χ4n) is 3.80. The Labute approximate surface area is 189 Å². The van der Waals surface area contributed by atoms with Gasteiger partial charge in [0.15, 0.2) is 5.65 Å². The lowest BCUT2D eigenvalue weighted by molar-refractivity contribution is 0.102. The third-order valence-corrected chi connectivity index (χ3v) is 5.21. The molecule has 0 fully saturated rings. The van der Waals surface area contributed by atoms with E-state index in [1.54, 1.807) is 18.6 Å². The number of nitrogens with two attached hydrogens (primary N) is 1. The number of nitrogens with zero attached hydrogens (tertiary/aromatic N) is 5. The van der Waals surface area contributed by atoms with Crippen molar-refractivity contribution in [1.29, 1.82) is 0 Å². The molecule has 2 aromatic carbocycles. The van der Waals surface area contributed by atoms with Crippen LogP contribution in [0, 0.1) is 13.8 Å². The molecule has 0 unspecified atom stereocenters. The van der Waals surface area contributed by atoms with Crippen LogP contribution in [0.4, 0.5) is 11.5 Å². The third-order valence-electron chi connectivity index (χ3n) is 5.21. The fourth-order valence-corrected chi connectivity index (χ4v) is 3.80. The average Bonchev–Trinajstić information content (AvgIpc) is 3.06. The Morgan fingerprint density at radius 2 is 1.67 bits per heavy atom.